The van der Waals surface area contributed by atoms with Crippen LogP contribution in [0.25, 0.3) is 0 Å². The molecule has 18 heavy (non-hydrogen) atoms. The Bertz CT molecular complexity index is 509. The summed E-state index contributed by atoms with van der Waals surface area (Å²) in [6.45, 7) is 2.86. The van der Waals surface area contributed by atoms with Gasteiger partial charge in [0, 0.05) is 6.92 Å². The molecule has 7 heteroatoms. The van der Waals surface area contributed by atoms with Gasteiger partial charge in [-0.05, 0) is 12.5 Å². The molecular formula is C11H14N2O4S. The predicted octanol–water partition coefficient (Wildman–Crippen LogP) is 1.60. The lowest BCUT2D eigenvalue weighted by molar-refractivity contribution is -0.117. The molecule has 0 saturated heterocycles. The van der Waals surface area contributed by atoms with E-state index in [1.165, 1.54) is 6.92 Å². The Hall–Kier alpha value is -1.89. The molecule has 0 saturated carbocycles. The molecule has 0 heterocycles. The van der Waals surface area contributed by atoms with Crippen molar-refractivity contribution in [3.05, 3.63) is 35.9 Å². The summed E-state index contributed by atoms with van der Waals surface area (Å²) in [6, 6.07) is 9.07. The number of amides is 2. The van der Waals surface area contributed by atoms with E-state index in [0.717, 1.165) is 5.56 Å². The van der Waals surface area contributed by atoms with Crippen LogP contribution >= 0.6 is 0 Å². The molecule has 2 amide bonds. The van der Waals surface area contributed by atoms with E-state index < -0.39 is 28.9 Å². The summed E-state index contributed by atoms with van der Waals surface area (Å²) in [7, 11) is -2.46. The zero-order valence-corrected chi connectivity index (χ0v) is 10.9. The molecule has 0 radical (unpaired) electrons. The van der Waals surface area contributed by atoms with E-state index in [9.17, 15) is 13.8 Å². The van der Waals surface area contributed by atoms with Crippen LogP contribution in [0.2, 0.25) is 0 Å². The molecule has 1 N–H and O–H groups in total. The van der Waals surface area contributed by atoms with Crippen LogP contribution in [-0.4, -0.2) is 16.2 Å². The summed E-state index contributed by atoms with van der Waals surface area (Å²) in [4.78, 5) is 21.9. The maximum absolute atomic E-state index is 11.3. The van der Waals surface area contributed by atoms with Crippen LogP contribution in [-0.2, 0) is 20.3 Å². The number of nitrogens with zero attached hydrogens (tertiary/aromatic N) is 1. The highest BCUT2D eigenvalue weighted by Crippen LogP contribution is 2.16. The van der Waals surface area contributed by atoms with Gasteiger partial charge in [0.15, 0.2) is 0 Å². The summed E-state index contributed by atoms with van der Waals surface area (Å²) in [5, 5.41) is 0. The number of carbonyl (C=O) groups excluding carboxylic acids is 2. The van der Waals surface area contributed by atoms with Crippen molar-refractivity contribution in [2.75, 3.05) is 0 Å². The van der Waals surface area contributed by atoms with Crippen molar-refractivity contribution in [3.63, 3.8) is 0 Å². The average Bonchev–Trinajstić information content (AvgIpc) is 2.28. The third kappa shape index (κ3) is 4.96. The second-order valence-electron chi connectivity index (χ2n) is 3.48. The summed E-state index contributed by atoms with van der Waals surface area (Å²) in [5.74, 6) is -0.524. The lowest BCUT2D eigenvalue weighted by Crippen LogP contribution is -2.18. The number of hydrogen-bond acceptors (Lipinski definition) is 4. The number of thiol groups is 1. The smallest absolute Gasteiger partial charge is 0.440 e. The SMILES string of the molecule is CC(=O)N/[SH](=O)=N\C(=O)O[C@@H](C)c1ccccc1. The summed E-state index contributed by atoms with van der Waals surface area (Å²) >= 11 is 0. The third-order valence-corrected chi connectivity index (χ3v) is 2.82. The van der Waals surface area contributed by atoms with E-state index in [-0.39, 0.29) is 0 Å². The first-order chi connectivity index (χ1) is 8.49. The largest absolute Gasteiger partial charge is 0.443 e. The second-order valence-corrected chi connectivity index (χ2v) is 4.45. The predicted molar refractivity (Wildman–Crippen MR) is 67.1 cm³/mol. The molecule has 1 unspecified atom stereocenters. The van der Waals surface area contributed by atoms with E-state index in [1.807, 2.05) is 22.9 Å². The normalized spacial score (nSPS) is 13.7. The first kappa shape index (κ1) is 14.2. The van der Waals surface area contributed by atoms with Gasteiger partial charge in [0.2, 0.25) is 5.91 Å². The lowest BCUT2D eigenvalue weighted by Gasteiger charge is -2.10. The molecule has 1 aromatic rings. The Balaban J connectivity index is 2.60. The minimum absolute atomic E-state index is 0.497. The zero-order chi connectivity index (χ0) is 13.5. The summed E-state index contributed by atoms with van der Waals surface area (Å²) in [6.07, 6.45) is -1.47. The standard InChI is InChI=1S/C11H14N2O4S/c1-8(10-6-4-3-5-7-10)17-11(15)13-18(16)12-9(2)14/h3-8,18H,1-2H3,(H,12,13,14,15,16)/t8-/m0/s1. The van der Waals surface area contributed by atoms with Crippen molar-refractivity contribution in [2.45, 2.75) is 20.0 Å². The number of rotatable bonds is 3. The van der Waals surface area contributed by atoms with Crippen LogP contribution in [0.4, 0.5) is 4.79 Å². The quantitative estimate of drug-likeness (QED) is 0.817. The van der Waals surface area contributed by atoms with Crippen LogP contribution in [0.15, 0.2) is 34.7 Å². The van der Waals surface area contributed by atoms with E-state index in [4.69, 9.17) is 4.74 Å². The fourth-order valence-electron chi connectivity index (χ4n) is 1.20. The lowest BCUT2D eigenvalue weighted by atomic mass is 10.1. The molecular weight excluding hydrogens is 256 g/mol. The minimum atomic E-state index is -2.46. The van der Waals surface area contributed by atoms with Crippen molar-refractivity contribution in [3.8, 4) is 0 Å². The number of nitrogens with one attached hydrogen (secondary N) is 1. The van der Waals surface area contributed by atoms with Gasteiger partial charge in [0.1, 0.15) is 16.9 Å². The second kappa shape index (κ2) is 6.75. The summed E-state index contributed by atoms with van der Waals surface area (Å²) in [5.41, 5.74) is 0.802. The molecule has 6 nitrogen and oxygen atoms in total. The number of ether oxygens (including phenoxy) is 1. The summed E-state index contributed by atoms with van der Waals surface area (Å²) < 4.78 is 21.3. The molecule has 1 rings (SSSR count). The van der Waals surface area contributed by atoms with E-state index >= 15 is 0 Å². The fourth-order valence-corrected chi connectivity index (χ4v) is 1.72. The highest BCUT2D eigenvalue weighted by molar-refractivity contribution is 7.73. The van der Waals surface area contributed by atoms with Crippen molar-refractivity contribution >= 4 is 22.8 Å². The topological polar surface area (TPSA) is 84.8 Å². The van der Waals surface area contributed by atoms with Crippen molar-refractivity contribution in [1.29, 1.82) is 0 Å². The van der Waals surface area contributed by atoms with Gasteiger partial charge >= 0.3 is 6.09 Å². The molecule has 2 atom stereocenters. The molecule has 0 aliphatic carbocycles. The molecule has 0 bridgehead atoms. The Morgan fingerprint density at radius 1 is 1.33 bits per heavy atom. The van der Waals surface area contributed by atoms with Crippen molar-refractivity contribution < 1.29 is 18.5 Å². The van der Waals surface area contributed by atoms with Crippen LogP contribution in [0, 0.1) is 0 Å². The number of benzene rings is 1. The van der Waals surface area contributed by atoms with Gasteiger partial charge in [-0.2, -0.15) is 0 Å². The minimum Gasteiger partial charge on any atom is -0.440 e. The van der Waals surface area contributed by atoms with Crippen molar-refractivity contribution in [1.82, 2.24) is 4.72 Å². The highest BCUT2D eigenvalue weighted by Gasteiger charge is 2.10. The van der Waals surface area contributed by atoms with Gasteiger partial charge in [-0.15, -0.1) is 4.36 Å². The van der Waals surface area contributed by atoms with Crippen molar-refractivity contribution in [2.24, 2.45) is 4.36 Å². The van der Waals surface area contributed by atoms with Crippen LogP contribution in [0.5, 0.6) is 0 Å². The molecule has 0 spiro atoms. The molecule has 1 aromatic carbocycles. The van der Waals surface area contributed by atoms with Gasteiger partial charge in [-0.1, -0.05) is 30.3 Å². The first-order valence-corrected chi connectivity index (χ1v) is 6.42. The Kier molecular flexibility index (Phi) is 5.31. The molecule has 0 aromatic heterocycles. The van der Waals surface area contributed by atoms with Gasteiger partial charge in [-0.3, -0.25) is 9.52 Å². The van der Waals surface area contributed by atoms with Gasteiger partial charge in [-0.25, -0.2) is 9.00 Å². The van der Waals surface area contributed by atoms with E-state index in [0.29, 0.717) is 0 Å². The van der Waals surface area contributed by atoms with Gasteiger partial charge in [0.25, 0.3) is 0 Å². The molecule has 0 fully saturated rings. The zero-order valence-electron chi connectivity index (χ0n) is 9.99. The maximum Gasteiger partial charge on any atom is 0.443 e. The Morgan fingerprint density at radius 3 is 2.50 bits per heavy atom. The molecule has 0 aliphatic heterocycles. The van der Waals surface area contributed by atoms with Crippen LogP contribution in [0.1, 0.15) is 25.5 Å². The van der Waals surface area contributed by atoms with E-state index in [2.05, 4.69) is 4.36 Å². The number of hydrogen-bond donors (Lipinski definition) is 2. The fraction of sp³-hybridized carbons (Fsp3) is 0.273. The average molecular weight is 270 g/mol. The van der Waals surface area contributed by atoms with Gasteiger partial charge in [0.05, 0.1) is 0 Å². The first-order valence-electron chi connectivity index (χ1n) is 5.20. The van der Waals surface area contributed by atoms with Crippen LogP contribution in [0.3, 0.4) is 0 Å². The van der Waals surface area contributed by atoms with E-state index in [1.54, 1.807) is 19.1 Å². The monoisotopic (exact) mass is 270 g/mol. The Morgan fingerprint density at radius 2 is 1.94 bits per heavy atom. The highest BCUT2D eigenvalue weighted by atomic mass is 32.2. The third-order valence-electron chi connectivity index (χ3n) is 1.97. The maximum atomic E-state index is 11.3. The molecule has 0 aliphatic rings. The Labute approximate surface area is 107 Å². The van der Waals surface area contributed by atoms with Crippen LogP contribution < -0.4 is 4.72 Å². The van der Waals surface area contributed by atoms with Gasteiger partial charge < -0.3 is 4.74 Å². The number of carbonyl (C=O) groups is 2. The molecule has 98 valence electrons.